The van der Waals surface area contributed by atoms with E-state index >= 15 is 0 Å². The maximum atomic E-state index is 14.5. The lowest BCUT2D eigenvalue weighted by Crippen LogP contribution is -2.67. The van der Waals surface area contributed by atoms with Crippen molar-refractivity contribution in [1.82, 2.24) is 4.90 Å². The maximum absolute atomic E-state index is 14.5. The average molecular weight is 524 g/mol. The predicted octanol–water partition coefficient (Wildman–Crippen LogP) is 8.02. The molecule has 6 fully saturated rings. The Kier molecular flexibility index (Phi) is 6.36. The van der Waals surface area contributed by atoms with Crippen molar-refractivity contribution in [2.75, 3.05) is 13.1 Å². The second-order valence-electron chi connectivity index (χ2n) is 16.6. The van der Waals surface area contributed by atoms with Crippen LogP contribution in [0.25, 0.3) is 0 Å². The van der Waals surface area contributed by atoms with Gasteiger partial charge in [0.2, 0.25) is 5.91 Å². The van der Waals surface area contributed by atoms with Gasteiger partial charge in [0, 0.05) is 13.1 Å². The fraction of sp³-hybridized carbons (Fsp3) is 0.914. The summed E-state index contributed by atoms with van der Waals surface area (Å²) in [5.41, 5.74) is 2.09. The zero-order chi connectivity index (χ0) is 27.3. The smallest absolute Gasteiger partial charge is 0.229 e. The highest BCUT2D eigenvalue weighted by Crippen LogP contribution is 2.77. The molecule has 10 atom stereocenters. The SMILES string of the molecule is C=C(C)[C@@H]1CC[C@]2(C(=O)N3CCCCC3)CC[C@]3(C)[C@H](CC[C@@H]4[C@@]5(C)CC[C@H](O)C(C)(C)[C@@H]5CC[C@]43C)[C@@H]12. The van der Waals surface area contributed by atoms with E-state index in [1.54, 1.807) is 0 Å². The summed E-state index contributed by atoms with van der Waals surface area (Å²) >= 11 is 0. The maximum Gasteiger partial charge on any atom is 0.229 e. The molecule has 3 heteroatoms. The number of nitrogens with zero attached hydrogens (tertiary/aromatic N) is 1. The number of piperidine rings is 1. The van der Waals surface area contributed by atoms with Crippen LogP contribution < -0.4 is 0 Å². The number of hydrogen-bond acceptors (Lipinski definition) is 2. The predicted molar refractivity (Wildman–Crippen MR) is 155 cm³/mol. The lowest BCUT2D eigenvalue weighted by atomic mass is 9.32. The van der Waals surface area contributed by atoms with Crippen LogP contribution in [0, 0.1) is 56.7 Å². The van der Waals surface area contributed by atoms with Gasteiger partial charge in [-0.15, -0.1) is 0 Å². The van der Waals surface area contributed by atoms with Gasteiger partial charge in [-0.05, 0) is 142 Å². The first-order valence-corrected chi connectivity index (χ1v) is 16.5. The van der Waals surface area contributed by atoms with Gasteiger partial charge in [0.1, 0.15) is 0 Å². The summed E-state index contributed by atoms with van der Waals surface area (Å²) in [6.45, 7) is 21.4. The number of hydrogen-bond donors (Lipinski definition) is 1. The molecule has 214 valence electrons. The van der Waals surface area contributed by atoms with Crippen LogP contribution in [0.2, 0.25) is 0 Å². The second-order valence-corrected chi connectivity index (χ2v) is 16.6. The number of aliphatic hydroxyl groups excluding tert-OH is 1. The van der Waals surface area contributed by atoms with E-state index in [2.05, 4.69) is 53.0 Å². The molecule has 5 saturated carbocycles. The van der Waals surface area contributed by atoms with Crippen molar-refractivity contribution in [3.8, 4) is 0 Å². The van der Waals surface area contributed by atoms with E-state index in [-0.39, 0.29) is 22.3 Å². The summed E-state index contributed by atoms with van der Waals surface area (Å²) < 4.78 is 0. The summed E-state index contributed by atoms with van der Waals surface area (Å²) in [5.74, 6) is 3.45. The summed E-state index contributed by atoms with van der Waals surface area (Å²) in [7, 11) is 0. The molecule has 1 amide bonds. The number of fused-ring (bicyclic) bond motifs is 7. The molecule has 1 N–H and O–H groups in total. The highest BCUT2D eigenvalue weighted by molar-refractivity contribution is 5.84. The number of carbonyl (C=O) groups excluding carboxylic acids is 1. The monoisotopic (exact) mass is 523 g/mol. The second kappa shape index (κ2) is 8.83. The number of aliphatic hydroxyl groups is 1. The first-order chi connectivity index (χ1) is 17.8. The molecular weight excluding hydrogens is 466 g/mol. The molecule has 3 nitrogen and oxygen atoms in total. The van der Waals surface area contributed by atoms with Crippen molar-refractivity contribution >= 4 is 5.91 Å². The number of allylic oxidation sites excluding steroid dienone is 1. The number of carbonyl (C=O) groups is 1. The topological polar surface area (TPSA) is 40.5 Å². The van der Waals surface area contributed by atoms with E-state index in [9.17, 15) is 9.90 Å². The van der Waals surface area contributed by atoms with Crippen molar-refractivity contribution in [1.29, 1.82) is 0 Å². The van der Waals surface area contributed by atoms with Crippen LogP contribution in [0.15, 0.2) is 12.2 Å². The third-order valence-corrected chi connectivity index (χ3v) is 15.1. The molecule has 0 radical (unpaired) electrons. The van der Waals surface area contributed by atoms with Crippen molar-refractivity contribution in [3.05, 3.63) is 12.2 Å². The lowest BCUT2D eigenvalue weighted by Gasteiger charge is -2.73. The van der Waals surface area contributed by atoms with E-state index in [1.807, 2.05) is 0 Å². The molecule has 0 aromatic carbocycles. The normalized spacial score (nSPS) is 51.8. The number of likely N-dealkylation sites (tertiary alicyclic amines) is 1. The van der Waals surface area contributed by atoms with Crippen LogP contribution >= 0.6 is 0 Å². The van der Waals surface area contributed by atoms with Crippen molar-refractivity contribution in [3.63, 3.8) is 0 Å². The molecule has 6 aliphatic rings. The molecule has 1 heterocycles. The minimum atomic E-state index is -0.164. The molecule has 1 aliphatic heterocycles. The van der Waals surface area contributed by atoms with E-state index in [0.29, 0.717) is 40.4 Å². The molecule has 0 aromatic heterocycles. The highest BCUT2D eigenvalue weighted by atomic mass is 16.3. The van der Waals surface area contributed by atoms with Gasteiger partial charge in [-0.3, -0.25) is 4.79 Å². The molecule has 6 rings (SSSR count). The first-order valence-electron chi connectivity index (χ1n) is 16.5. The Hall–Kier alpha value is -0.830. The quantitative estimate of drug-likeness (QED) is 0.372. The minimum Gasteiger partial charge on any atom is -0.393 e. The van der Waals surface area contributed by atoms with Gasteiger partial charge in [0.15, 0.2) is 0 Å². The van der Waals surface area contributed by atoms with Crippen LogP contribution in [-0.2, 0) is 4.79 Å². The van der Waals surface area contributed by atoms with Crippen LogP contribution in [0.4, 0.5) is 0 Å². The number of amides is 1. The van der Waals surface area contributed by atoms with Gasteiger partial charge in [-0.2, -0.15) is 0 Å². The molecule has 0 bridgehead atoms. The van der Waals surface area contributed by atoms with E-state index in [0.717, 1.165) is 44.7 Å². The van der Waals surface area contributed by atoms with E-state index in [1.165, 1.54) is 63.4 Å². The summed E-state index contributed by atoms with van der Waals surface area (Å²) in [6.07, 6.45) is 15.3. The fourth-order valence-electron chi connectivity index (χ4n) is 12.9. The summed E-state index contributed by atoms with van der Waals surface area (Å²) in [5, 5.41) is 11.0. The van der Waals surface area contributed by atoms with E-state index in [4.69, 9.17) is 0 Å². The fourth-order valence-corrected chi connectivity index (χ4v) is 12.9. The molecule has 1 saturated heterocycles. The molecule has 5 aliphatic carbocycles. The molecule has 38 heavy (non-hydrogen) atoms. The van der Waals surface area contributed by atoms with Crippen LogP contribution in [0.3, 0.4) is 0 Å². The third kappa shape index (κ3) is 3.38. The van der Waals surface area contributed by atoms with Crippen LogP contribution in [0.5, 0.6) is 0 Å². The molecule has 0 spiro atoms. The number of rotatable bonds is 2. The Morgan fingerprint density at radius 2 is 1.50 bits per heavy atom. The van der Waals surface area contributed by atoms with Crippen molar-refractivity contribution < 1.29 is 9.90 Å². The zero-order valence-electron chi connectivity index (χ0n) is 25.6. The van der Waals surface area contributed by atoms with Gasteiger partial charge in [0.25, 0.3) is 0 Å². The zero-order valence-corrected chi connectivity index (χ0v) is 25.6. The van der Waals surface area contributed by atoms with E-state index < -0.39 is 0 Å². The first kappa shape index (κ1) is 27.3. The molecule has 0 unspecified atom stereocenters. The molecular formula is C35H57NO2. The summed E-state index contributed by atoms with van der Waals surface area (Å²) in [6, 6.07) is 0. The lowest BCUT2D eigenvalue weighted by molar-refractivity contribution is -0.247. The highest BCUT2D eigenvalue weighted by Gasteiger charge is 2.72. The minimum absolute atomic E-state index is 0.00512. The largest absolute Gasteiger partial charge is 0.393 e. The Balaban J connectivity index is 1.38. The Morgan fingerprint density at radius 3 is 2.18 bits per heavy atom. The third-order valence-electron chi connectivity index (χ3n) is 15.1. The van der Waals surface area contributed by atoms with Crippen LogP contribution in [0.1, 0.15) is 125 Å². The van der Waals surface area contributed by atoms with Gasteiger partial charge >= 0.3 is 0 Å². The Labute approximate surface area is 233 Å². The average Bonchev–Trinajstić information content (AvgIpc) is 3.28. The van der Waals surface area contributed by atoms with Crippen molar-refractivity contribution in [2.24, 2.45) is 56.7 Å². The molecule has 0 aromatic rings. The Bertz CT molecular complexity index is 980. The van der Waals surface area contributed by atoms with Gasteiger partial charge in [-0.1, -0.05) is 46.8 Å². The van der Waals surface area contributed by atoms with Gasteiger partial charge in [-0.25, -0.2) is 0 Å². The van der Waals surface area contributed by atoms with Crippen LogP contribution in [-0.4, -0.2) is 35.1 Å². The van der Waals surface area contributed by atoms with Gasteiger partial charge in [0.05, 0.1) is 11.5 Å². The standard InChI is InChI=1S/C35H57NO2/c1-23(2)24-13-18-35(30(38)36-21-9-8-10-22-36)20-19-33(6)25(29(24)35)11-12-27-32(5)16-15-28(37)31(3,4)26(32)14-17-34(27,33)7/h24-29,37H,1,8-22H2,2-7H3/t24-,25+,26-,27+,28-,29+,32-,33+,34+,35-/m0/s1. The Morgan fingerprint density at radius 1 is 0.789 bits per heavy atom. The van der Waals surface area contributed by atoms with Gasteiger partial charge < -0.3 is 10.0 Å². The van der Waals surface area contributed by atoms with Crippen molar-refractivity contribution in [2.45, 2.75) is 131 Å². The summed E-state index contributed by atoms with van der Waals surface area (Å²) in [4.78, 5) is 16.8.